The van der Waals surface area contributed by atoms with Crippen LogP contribution < -0.4 is 5.32 Å². The summed E-state index contributed by atoms with van der Waals surface area (Å²) in [5.41, 5.74) is 2.44. The summed E-state index contributed by atoms with van der Waals surface area (Å²) >= 11 is 0. The quantitative estimate of drug-likeness (QED) is 0.820. The van der Waals surface area contributed by atoms with Crippen LogP contribution in [0.15, 0.2) is 18.2 Å². The molecular formula is C17H22N2O2. The molecule has 4 heteroatoms. The average molecular weight is 286 g/mol. The van der Waals surface area contributed by atoms with Crippen LogP contribution in [0, 0.1) is 18.8 Å². The van der Waals surface area contributed by atoms with E-state index in [1.54, 1.807) is 0 Å². The summed E-state index contributed by atoms with van der Waals surface area (Å²) in [6, 6.07) is 5.87. The first kappa shape index (κ1) is 15.6. The van der Waals surface area contributed by atoms with Crippen LogP contribution in [0.5, 0.6) is 0 Å². The lowest BCUT2D eigenvalue weighted by Gasteiger charge is -2.14. The number of nitrogens with zero attached hydrogens (tertiary/aromatic N) is 1. The molecule has 21 heavy (non-hydrogen) atoms. The molecular weight excluding hydrogens is 264 g/mol. The van der Waals surface area contributed by atoms with Crippen LogP contribution in [0.1, 0.15) is 34.3 Å². The molecule has 0 aliphatic carbocycles. The molecule has 1 heterocycles. The molecule has 1 saturated heterocycles. The number of aliphatic hydroxyl groups is 1. The standard InChI is InChI=1S/C17H22N2O2/c1-13-6-7-14(5-3-4-10-20)11-16(13)17(21)18-15-8-9-19(2)12-15/h6-7,11,15,20H,4,8-10,12H2,1-2H3,(H,18,21). The molecule has 4 nitrogen and oxygen atoms in total. The summed E-state index contributed by atoms with van der Waals surface area (Å²) in [6.07, 6.45) is 1.45. The number of benzene rings is 1. The van der Waals surface area contributed by atoms with E-state index in [0.717, 1.165) is 30.6 Å². The summed E-state index contributed by atoms with van der Waals surface area (Å²) in [4.78, 5) is 14.6. The minimum absolute atomic E-state index is 0.0291. The second-order valence-electron chi connectivity index (χ2n) is 5.53. The molecule has 0 saturated carbocycles. The number of aryl methyl sites for hydroxylation is 1. The average Bonchev–Trinajstić information content (AvgIpc) is 2.86. The van der Waals surface area contributed by atoms with E-state index in [2.05, 4.69) is 29.1 Å². The van der Waals surface area contributed by atoms with Crippen LogP contribution in [0.25, 0.3) is 0 Å². The Labute approximate surface area is 126 Å². The first-order chi connectivity index (χ1) is 10.1. The monoisotopic (exact) mass is 286 g/mol. The van der Waals surface area contributed by atoms with Crippen LogP contribution in [0.4, 0.5) is 0 Å². The molecule has 0 radical (unpaired) electrons. The zero-order valence-corrected chi connectivity index (χ0v) is 12.6. The normalized spacial score (nSPS) is 18.1. The molecule has 1 amide bonds. The number of rotatable bonds is 3. The van der Waals surface area contributed by atoms with E-state index >= 15 is 0 Å². The van der Waals surface area contributed by atoms with Crippen molar-refractivity contribution >= 4 is 5.91 Å². The second-order valence-corrected chi connectivity index (χ2v) is 5.53. The van der Waals surface area contributed by atoms with Gasteiger partial charge in [0.25, 0.3) is 5.91 Å². The highest BCUT2D eigenvalue weighted by molar-refractivity contribution is 5.96. The van der Waals surface area contributed by atoms with Crippen LogP contribution in [0.2, 0.25) is 0 Å². The van der Waals surface area contributed by atoms with Crippen molar-refractivity contribution in [1.29, 1.82) is 0 Å². The van der Waals surface area contributed by atoms with Gasteiger partial charge in [0.2, 0.25) is 0 Å². The third kappa shape index (κ3) is 4.32. The third-order valence-corrected chi connectivity index (χ3v) is 3.68. The van der Waals surface area contributed by atoms with Gasteiger partial charge in [0.1, 0.15) is 0 Å². The lowest BCUT2D eigenvalue weighted by molar-refractivity contribution is 0.0938. The Morgan fingerprint density at radius 3 is 3.00 bits per heavy atom. The van der Waals surface area contributed by atoms with Gasteiger partial charge in [0.05, 0.1) is 6.61 Å². The van der Waals surface area contributed by atoms with E-state index in [4.69, 9.17) is 5.11 Å². The van der Waals surface area contributed by atoms with Gasteiger partial charge in [-0.25, -0.2) is 0 Å². The molecule has 112 valence electrons. The van der Waals surface area contributed by atoms with Gasteiger partial charge in [-0.1, -0.05) is 17.9 Å². The predicted octanol–water partition coefficient (Wildman–Crippen LogP) is 1.16. The molecule has 1 unspecified atom stereocenters. The fourth-order valence-electron chi connectivity index (χ4n) is 2.48. The van der Waals surface area contributed by atoms with Crippen LogP contribution in [-0.2, 0) is 0 Å². The third-order valence-electron chi connectivity index (χ3n) is 3.68. The number of likely N-dealkylation sites (N-methyl/N-ethyl adjacent to an activating group) is 1. The van der Waals surface area contributed by atoms with Crippen molar-refractivity contribution in [1.82, 2.24) is 10.2 Å². The highest BCUT2D eigenvalue weighted by Gasteiger charge is 2.22. The number of aliphatic hydroxyl groups excluding tert-OH is 1. The van der Waals surface area contributed by atoms with Crippen molar-refractivity contribution in [2.45, 2.75) is 25.8 Å². The molecule has 0 spiro atoms. The Kier molecular flexibility index (Phi) is 5.38. The SMILES string of the molecule is Cc1ccc(C#CCCO)cc1C(=O)NC1CCN(C)C1. The maximum atomic E-state index is 12.4. The lowest BCUT2D eigenvalue weighted by atomic mass is 10.0. The van der Waals surface area contributed by atoms with Crippen molar-refractivity contribution < 1.29 is 9.90 Å². The van der Waals surface area contributed by atoms with Gasteiger partial charge in [-0.05, 0) is 44.6 Å². The topological polar surface area (TPSA) is 52.6 Å². The van der Waals surface area contributed by atoms with Crippen molar-refractivity contribution in [2.75, 3.05) is 26.7 Å². The Balaban J connectivity index is 2.09. The zero-order valence-electron chi connectivity index (χ0n) is 12.6. The molecule has 1 aromatic carbocycles. The van der Waals surface area contributed by atoms with Gasteiger partial charge in [-0.3, -0.25) is 4.79 Å². The van der Waals surface area contributed by atoms with E-state index in [0.29, 0.717) is 12.0 Å². The van der Waals surface area contributed by atoms with Crippen molar-refractivity contribution in [3.63, 3.8) is 0 Å². The predicted molar refractivity (Wildman–Crippen MR) is 83.1 cm³/mol. The van der Waals surface area contributed by atoms with Crippen LogP contribution in [-0.4, -0.2) is 48.7 Å². The lowest BCUT2D eigenvalue weighted by Crippen LogP contribution is -2.36. The zero-order chi connectivity index (χ0) is 15.2. The molecule has 0 aromatic heterocycles. The minimum atomic E-state index is -0.0291. The number of hydrogen-bond donors (Lipinski definition) is 2. The van der Waals surface area contributed by atoms with E-state index in [1.807, 2.05) is 25.1 Å². The Bertz CT molecular complexity index is 572. The molecule has 1 aliphatic heterocycles. The Morgan fingerprint density at radius 1 is 1.52 bits per heavy atom. The number of carbonyl (C=O) groups is 1. The van der Waals surface area contributed by atoms with Gasteiger partial charge >= 0.3 is 0 Å². The maximum absolute atomic E-state index is 12.4. The summed E-state index contributed by atoms with van der Waals surface area (Å²) < 4.78 is 0. The smallest absolute Gasteiger partial charge is 0.251 e. The molecule has 0 bridgehead atoms. The van der Waals surface area contributed by atoms with Crippen LogP contribution in [0.3, 0.4) is 0 Å². The minimum Gasteiger partial charge on any atom is -0.395 e. The summed E-state index contributed by atoms with van der Waals surface area (Å²) in [5.74, 6) is 5.82. The highest BCUT2D eigenvalue weighted by Crippen LogP contribution is 2.13. The van der Waals surface area contributed by atoms with Gasteiger partial charge in [-0.15, -0.1) is 0 Å². The molecule has 2 N–H and O–H groups in total. The molecule has 1 aromatic rings. The Morgan fingerprint density at radius 2 is 2.33 bits per heavy atom. The maximum Gasteiger partial charge on any atom is 0.251 e. The fraction of sp³-hybridized carbons (Fsp3) is 0.471. The largest absolute Gasteiger partial charge is 0.395 e. The summed E-state index contributed by atoms with van der Waals surface area (Å²) in [6.45, 7) is 3.92. The summed E-state index contributed by atoms with van der Waals surface area (Å²) in [7, 11) is 2.06. The van der Waals surface area contributed by atoms with Gasteiger partial charge < -0.3 is 15.3 Å². The molecule has 1 fully saturated rings. The van der Waals surface area contributed by atoms with E-state index < -0.39 is 0 Å². The van der Waals surface area contributed by atoms with Crippen LogP contribution >= 0.6 is 0 Å². The number of likely N-dealkylation sites (tertiary alicyclic amines) is 1. The number of carbonyl (C=O) groups excluding carboxylic acids is 1. The highest BCUT2D eigenvalue weighted by atomic mass is 16.2. The van der Waals surface area contributed by atoms with Gasteiger partial charge in [0, 0.05) is 30.1 Å². The van der Waals surface area contributed by atoms with Gasteiger partial charge in [-0.2, -0.15) is 0 Å². The molecule has 1 aliphatic rings. The molecule has 1 atom stereocenters. The Hall–Kier alpha value is -1.83. The van der Waals surface area contributed by atoms with Crippen molar-refractivity contribution in [2.24, 2.45) is 0 Å². The second kappa shape index (κ2) is 7.26. The number of hydrogen-bond acceptors (Lipinski definition) is 3. The number of nitrogens with one attached hydrogen (secondary N) is 1. The van der Waals surface area contributed by atoms with E-state index in [-0.39, 0.29) is 18.6 Å². The first-order valence-corrected chi connectivity index (χ1v) is 7.30. The summed E-state index contributed by atoms with van der Waals surface area (Å²) in [5, 5.41) is 11.8. The van der Waals surface area contributed by atoms with E-state index in [9.17, 15) is 4.79 Å². The molecule has 2 rings (SSSR count). The fourth-order valence-corrected chi connectivity index (χ4v) is 2.48. The van der Waals surface area contributed by atoms with Gasteiger partial charge in [0.15, 0.2) is 0 Å². The van der Waals surface area contributed by atoms with Crippen molar-refractivity contribution in [3.05, 3.63) is 34.9 Å². The van der Waals surface area contributed by atoms with E-state index in [1.165, 1.54) is 0 Å². The number of amides is 1. The first-order valence-electron chi connectivity index (χ1n) is 7.30. The van der Waals surface area contributed by atoms with Crippen molar-refractivity contribution in [3.8, 4) is 11.8 Å².